The third-order valence-electron chi connectivity index (χ3n) is 4.62. The van der Waals surface area contributed by atoms with Crippen molar-refractivity contribution in [1.82, 2.24) is 4.90 Å². The van der Waals surface area contributed by atoms with Crippen LogP contribution >= 0.6 is 11.6 Å². The van der Waals surface area contributed by atoms with Crippen molar-refractivity contribution in [3.05, 3.63) is 59.1 Å². The van der Waals surface area contributed by atoms with Crippen LogP contribution in [0, 0.1) is 0 Å². The first-order valence-electron chi connectivity index (χ1n) is 8.19. The van der Waals surface area contributed by atoms with Crippen molar-refractivity contribution < 1.29 is 13.2 Å². The van der Waals surface area contributed by atoms with Crippen LogP contribution in [0.25, 0.3) is 11.1 Å². The molecular weight excluding hydrogens is 358 g/mol. The third-order valence-corrected chi connectivity index (χ3v) is 6.54. The molecule has 1 aliphatic rings. The normalized spacial score (nSPS) is 16.0. The van der Waals surface area contributed by atoms with Gasteiger partial charge in [0.1, 0.15) is 9.84 Å². The number of hydrogen-bond donors (Lipinski definition) is 0. The predicted octanol–water partition coefficient (Wildman–Crippen LogP) is 3.66. The Labute approximate surface area is 153 Å². The van der Waals surface area contributed by atoms with Gasteiger partial charge in [-0.05, 0) is 48.2 Å². The number of nitrogens with zero attached hydrogens (tertiary/aromatic N) is 1. The van der Waals surface area contributed by atoms with Crippen molar-refractivity contribution in [2.24, 2.45) is 0 Å². The summed E-state index contributed by atoms with van der Waals surface area (Å²) in [5.41, 5.74) is 2.61. The average molecular weight is 378 g/mol. The SMILES string of the molecule is CS(=O)(=O)C1CCN(C(=O)c2ccc(-c3cccc(Cl)c3)cc2)CC1. The third kappa shape index (κ3) is 4.22. The van der Waals surface area contributed by atoms with Crippen LogP contribution in [0.5, 0.6) is 0 Å². The number of benzene rings is 2. The van der Waals surface area contributed by atoms with Gasteiger partial charge in [0.15, 0.2) is 0 Å². The van der Waals surface area contributed by atoms with Crippen LogP contribution in [0.1, 0.15) is 23.2 Å². The smallest absolute Gasteiger partial charge is 0.253 e. The van der Waals surface area contributed by atoms with Gasteiger partial charge in [-0.15, -0.1) is 0 Å². The van der Waals surface area contributed by atoms with Crippen LogP contribution < -0.4 is 0 Å². The van der Waals surface area contributed by atoms with E-state index in [9.17, 15) is 13.2 Å². The van der Waals surface area contributed by atoms with Crippen molar-refractivity contribution in [2.45, 2.75) is 18.1 Å². The van der Waals surface area contributed by atoms with Gasteiger partial charge < -0.3 is 4.90 Å². The van der Waals surface area contributed by atoms with E-state index in [4.69, 9.17) is 11.6 Å². The molecule has 1 fully saturated rings. The Hall–Kier alpha value is -1.85. The van der Waals surface area contributed by atoms with Gasteiger partial charge in [0, 0.05) is 29.9 Å². The summed E-state index contributed by atoms with van der Waals surface area (Å²) < 4.78 is 23.2. The summed E-state index contributed by atoms with van der Waals surface area (Å²) in [6.07, 6.45) is 2.28. The minimum Gasteiger partial charge on any atom is -0.339 e. The van der Waals surface area contributed by atoms with Gasteiger partial charge in [-0.3, -0.25) is 4.79 Å². The quantitative estimate of drug-likeness (QED) is 0.820. The van der Waals surface area contributed by atoms with Crippen molar-refractivity contribution in [2.75, 3.05) is 19.3 Å². The molecule has 0 aliphatic carbocycles. The number of carbonyl (C=O) groups excluding carboxylic acids is 1. The van der Waals surface area contributed by atoms with Gasteiger partial charge >= 0.3 is 0 Å². The van der Waals surface area contributed by atoms with Gasteiger partial charge in [-0.2, -0.15) is 0 Å². The van der Waals surface area contributed by atoms with Crippen LogP contribution in [0.2, 0.25) is 5.02 Å². The first-order valence-corrected chi connectivity index (χ1v) is 10.5. The van der Waals surface area contributed by atoms with E-state index in [0.717, 1.165) is 11.1 Å². The molecular formula is C19H20ClNO3S. The lowest BCUT2D eigenvalue weighted by Gasteiger charge is -2.31. The second-order valence-corrected chi connectivity index (χ2v) is 9.17. The molecule has 6 heteroatoms. The molecule has 2 aromatic rings. The summed E-state index contributed by atoms with van der Waals surface area (Å²) in [7, 11) is -3.03. The zero-order valence-corrected chi connectivity index (χ0v) is 15.6. The molecule has 1 aliphatic heterocycles. The second kappa shape index (κ2) is 7.18. The number of rotatable bonds is 3. The van der Waals surface area contributed by atoms with Crippen LogP contribution in [-0.4, -0.2) is 43.8 Å². The van der Waals surface area contributed by atoms with E-state index in [0.29, 0.717) is 36.5 Å². The number of carbonyl (C=O) groups is 1. The molecule has 25 heavy (non-hydrogen) atoms. The van der Waals surface area contributed by atoms with Crippen LogP contribution in [0.4, 0.5) is 0 Å². The van der Waals surface area contributed by atoms with Crippen molar-refractivity contribution in [3.63, 3.8) is 0 Å². The zero-order chi connectivity index (χ0) is 18.0. The Kier molecular flexibility index (Phi) is 5.16. The molecule has 1 saturated heterocycles. The van der Waals surface area contributed by atoms with Gasteiger partial charge in [-0.1, -0.05) is 35.9 Å². The molecule has 0 spiro atoms. The minimum atomic E-state index is -3.03. The number of likely N-dealkylation sites (tertiary alicyclic amines) is 1. The predicted molar refractivity (Wildman–Crippen MR) is 101 cm³/mol. The maximum atomic E-state index is 12.6. The maximum Gasteiger partial charge on any atom is 0.253 e. The summed E-state index contributed by atoms with van der Waals surface area (Å²) in [6.45, 7) is 0.958. The fourth-order valence-corrected chi connectivity index (χ4v) is 4.40. The van der Waals surface area contributed by atoms with E-state index in [-0.39, 0.29) is 11.2 Å². The molecule has 4 nitrogen and oxygen atoms in total. The highest BCUT2D eigenvalue weighted by atomic mass is 35.5. The summed E-state index contributed by atoms with van der Waals surface area (Å²) >= 11 is 6.02. The first-order chi connectivity index (χ1) is 11.8. The summed E-state index contributed by atoms with van der Waals surface area (Å²) in [5, 5.41) is 0.341. The summed E-state index contributed by atoms with van der Waals surface area (Å²) in [6, 6.07) is 15.0. The Bertz CT molecular complexity index is 870. The fraction of sp³-hybridized carbons (Fsp3) is 0.316. The molecule has 3 rings (SSSR count). The Morgan fingerprint density at radius 3 is 2.24 bits per heavy atom. The van der Waals surface area contributed by atoms with E-state index in [1.807, 2.05) is 36.4 Å². The number of piperidine rings is 1. The number of sulfone groups is 1. The van der Waals surface area contributed by atoms with E-state index >= 15 is 0 Å². The molecule has 0 N–H and O–H groups in total. The van der Waals surface area contributed by atoms with Gasteiger partial charge in [0.05, 0.1) is 5.25 Å². The molecule has 0 saturated carbocycles. The lowest BCUT2D eigenvalue weighted by molar-refractivity contribution is 0.0726. The highest BCUT2D eigenvalue weighted by Crippen LogP contribution is 2.24. The van der Waals surface area contributed by atoms with Crippen LogP contribution in [0.15, 0.2) is 48.5 Å². The standard InChI is InChI=1S/C19H20ClNO3S/c1-25(23,24)18-9-11-21(12-10-18)19(22)15-7-5-14(6-8-15)16-3-2-4-17(20)13-16/h2-8,13,18H,9-12H2,1H3. The van der Waals surface area contributed by atoms with E-state index in [2.05, 4.69) is 0 Å². The summed E-state index contributed by atoms with van der Waals surface area (Å²) in [5.74, 6) is -0.0513. The van der Waals surface area contributed by atoms with E-state index in [1.165, 1.54) is 6.26 Å². The van der Waals surface area contributed by atoms with Gasteiger partial charge in [-0.25, -0.2) is 8.42 Å². The molecule has 132 valence electrons. The Balaban J connectivity index is 1.70. The molecule has 0 unspecified atom stereocenters. The topological polar surface area (TPSA) is 54.5 Å². The molecule has 1 heterocycles. The first kappa shape index (κ1) is 18.0. The number of amides is 1. The van der Waals surface area contributed by atoms with E-state index < -0.39 is 9.84 Å². The molecule has 1 amide bonds. The van der Waals surface area contributed by atoms with Gasteiger partial charge in [0.2, 0.25) is 0 Å². The highest BCUT2D eigenvalue weighted by Gasteiger charge is 2.29. The largest absolute Gasteiger partial charge is 0.339 e. The highest BCUT2D eigenvalue weighted by molar-refractivity contribution is 7.91. The Morgan fingerprint density at radius 2 is 1.68 bits per heavy atom. The van der Waals surface area contributed by atoms with E-state index in [1.54, 1.807) is 17.0 Å². The summed E-state index contributed by atoms with van der Waals surface area (Å²) in [4.78, 5) is 14.3. The van der Waals surface area contributed by atoms with Crippen molar-refractivity contribution in [1.29, 1.82) is 0 Å². The fourth-order valence-electron chi connectivity index (χ4n) is 3.14. The van der Waals surface area contributed by atoms with Crippen LogP contribution in [-0.2, 0) is 9.84 Å². The lowest BCUT2D eigenvalue weighted by atomic mass is 10.0. The van der Waals surface area contributed by atoms with Crippen LogP contribution in [0.3, 0.4) is 0 Å². The Morgan fingerprint density at radius 1 is 1.04 bits per heavy atom. The molecule has 2 aromatic carbocycles. The number of halogens is 1. The number of hydrogen-bond acceptors (Lipinski definition) is 3. The molecule has 0 aromatic heterocycles. The average Bonchev–Trinajstić information content (AvgIpc) is 2.61. The minimum absolute atomic E-state index is 0.0513. The second-order valence-electron chi connectivity index (χ2n) is 6.41. The van der Waals surface area contributed by atoms with Crippen molar-refractivity contribution in [3.8, 4) is 11.1 Å². The van der Waals surface area contributed by atoms with Gasteiger partial charge in [0.25, 0.3) is 5.91 Å². The molecule has 0 radical (unpaired) electrons. The molecule has 0 atom stereocenters. The lowest BCUT2D eigenvalue weighted by Crippen LogP contribution is -2.42. The maximum absolute atomic E-state index is 12.6. The zero-order valence-electron chi connectivity index (χ0n) is 14.0. The monoisotopic (exact) mass is 377 g/mol. The molecule has 0 bridgehead atoms. The van der Waals surface area contributed by atoms with Crippen molar-refractivity contribution >= 4 is 27.3 Å².